The summed E-state index contributed by atoms with van der Waals surface area (Å²) < 4.78 is 31.7. The van der Waals surface area contributed by atoms with E-state index in [1.54, 1.807) is 25.1 Å². The van der Waals surface area contributed by atoms with Crippen molar-refractivity contribution >= 4 is 27.2 Å². The number of rotatable bonds is 6. The molecule has 6 nitrogen and oxygen atoms in total. The fourth-order valence-corrected chi connectivity index (χ4v) is 2.90. The summed E-state index contributed by atoms with van der Waals surface area (Å²) in [6.07, 6.45) is 0.445. The van der Waals surface area contributed by atoms with Crippen LogP contribution in [0.1, 0.15) is 17.0 Å². The van der Waals surface area contributed by atoms with E-state index in [9.17, 15) is 8.42 Å². The third-order valence-electron chi connectivity index (χ3n) is 2.73. The molecule has 0 radical (unpaired) electrons. The first-order chi connectivity index (χ1) is 9.87. The van der Waals surface area contributed by atoms with Gasteiger partial charge >= 0.3 is 0 Å². The van der Waals surface area contributed by atoms with Crippen molar-refractivity contribution in [2.75, 3.05) is 0 Å². The van der Waals surface area contributed by atoms with Crippen LogP contribution in [-0.2, 0) is 23.0 Å². The summed E-state index contributed by atoms with van der Waals surface area (Å²) in [4.78, 5) is 0.537. The van der Waals surface area contributed by atoms with Gasteiger partial charge in [0.05, 0.1) is 22.1 Å². The van der Waals surface area contributed by atoms with E-state index in [-0.39, 0.29) is 11.4 Å². The molecule has 0 saturated carbocycles. The van der Waals surface area contributed by atoms with Crippen LogP contribution in [0.3, 0.4) is 0 Å². The third-order valence-corrected chi connectivity index (χ3v) is 4.29. The van der Waals surface area contributed by atoms with Gasteiger partial charge < -0.3 is 10.3 Å². The number of hydrogen-bond acceptors (Lipinski definition) is 5. The van der Waals surface area contributed by atoms with Crippen molar-refractivity contribution in [3.05, 3.63) is 47.3 Å². The summed E-state index contributed by atoms with van der Waals surface area (Å²) in [6.45, 7) is 1.82. The summed E-state index contributed by atoms with van der Waals surface area (Å²) in [5.41, 5.74) is 7.02. The lowest BCUT2D eigenvalue weighted by molar-refractivity contribution is 0.377. The van der Waals surface area contributed by atoms with Gasteiger partial charge in [-0.05, 0) is 24.6 Å². The highest BCUT2D eigenvalue weighted by molar-refractivity contribution is 7.89. The number of thiocarbonyl (C=S) groups is 1. The maximum atomic E-state index is 12.1. The molecule has 0 bridgehead atoms. The second-order valence-electron chi connectivity index (χ2n) is 4.55. The van der Waals surface area contributed by atoms with Gasteiger partial charge in [0.1, 0.15) is 0 Å². The highest BCUT2D eigenvalue weighted by Crippen LogP contribution is 2.12. The monoisotopic (exact) mass is 325 g/mol. The minimum absolute atomic E-state index is 0.0534. The Labute approximate surface area is 128 Å². The van der Waals surface area contributed by atoms with Crippen LogP contribution in [0.4, 0.5) is 0 Å². The molecule has 21 heavy (non-hydrogen) atoms. The third kappa shape index (κ3) is 4.35. The van der Waals surface area contributed by atoms with Gasteiger partial charge in [-0.15, -0.1) is 0 Å². The van der Waals surface area contributed by atoms with Gasteiger partial charge in [0, 0.05) is 12.5 Å². The zero-order valence-corrected chi connectivity index (χ0v) is 13.0. The van der Waals surface area contributed by atoms with E-state index in [0.717, 1.165) is 5.56 Å². The summed E-state index contributed by atoms with van der Waals surface area (Å²) in [6, 6.07) is 8.08. The Morgan fingerprint density at radius 2 is 2.05 bits per heavy atom. The molecule has 0 fully saturated rings. The normalized spacial score (nSPS) is 11.5. The molecule has 0 atom stereocenters. The average molecular weight is 325 g/mol. The van der Waals surface area contributed by atoms with Crippen molar-refractivity contribution in [1.29, 1.82) is 0 Å². The molecular formula is C13H15N3O3S2. The number of nitrogens with one attached hydrogen (secondary N) is 1. The van der Waals surface area contributed by atoms with E-state index in [1.165, 1.54) is 12.1 Å². The highest BCUT2D eigenvalue weighted by atomic mass is 32.2. The topological polar surface area (TPSA) is 98.2 Å². The van der Waals surface area contributed by atoms with Crippen molar-refractivity contribution < 1.29 is 12.9 Å². The van der Waals surface area contributed by atoms with Crippen LogP contribution < -0.4 is 10.5 Å². The van der Waals surface area contributed by atoms with Gasteiger partial charge in [0.15, 0.2) is 5.76 Å². The van der Waals surface area contributed by atoms with Gasteiger partial charge in [-0.1, -0.05) is 29.5 Å². The minimum Gasteiger partial charge on any atom is -0.393 e. The van der Waals surface area contributed by atoms with Crippen LogP contribution >= 0.6 is 12.2 Å². The van der Waals surface area contributed by atoms with E-state index in [2.05, 4.69) is 9.88 Å². The van der Waals surface area contributed by atoms with Gasteiger partial charge in [0.2, 0.25) is 10.0 Å². The summed E-state index contributed by atoms with van der Waals surface area (Å²) >= 11 is 4.81. The summed E-state index contributed by atoms with van der Waals surface area (Å²) in [5.74, 6) is 0.459. The lowest BCUT2D eigenvalue weighted by atomic mass is 10.1. The number of nitrogens with two attached hydrogens (primary N) is 1. The van der Waals surface area contributed by atoms with Crippen LogP contribution in [0.15, 0.2) is 39.8 Å². The first-order valence-corrected chi connectivity index (χ1v) is 8.05. The molecule has 8 heteroatoms. The van der Waals surface area contributed by atoms with Gasteiger partial charge in [-0.3, -0.25) is 0 Å². The van der Waals surface area contributed by atoms with Crippen molar-refractivity contribution in [2.45, 2.75) is 24.8 Å². The van der Waals surface area contributed by atoms with E-state index >= 15 is 0 Å². The predicted molar refractivity (Wildman–Crippen MR) is 82.2 cm³/mol. The molecule has 3 N–H and O–H groups in total. The highest BCUT2D eigenvalue weighted by Gasteiger charge is 2.14. The Balaban J connectivity index is 2.06. The standard InChI is InChI=1S/C13H15N3O3S2/c1-9-6-11(19-16-9)8-15-21(17,18)12-4-2-10(3-5-12)7-13(14)20/h2-6,15H,7-8H2,1H3,(H2,14,20). The Bertz CT molecular complexity index is 736. The van der Waals surface area contributed by atoms with E-state index < -0.39 is 10.0 Å². The molecule has 1 heterocycles. The maximum Gasteiger partial charge on any atom is 0.240 e. The lowest BCUT2D eigenvalue weighted by Gasteiger charge is -2.06. The number of aryl methyl sites for hydroxylation is 1. The predicted octanol–water partition coefficient (Wildman–Crippen LogP) is 1.29. The second kappa shape index (κ2) is 6.33. The van der Waals surface area contributed by atoms with Crippen LogP contribution in [-0.4, -0.2) is 18.6 Å². The van der Waals surface area contributed by atoms with E-state index in [4.69, 9.17) is 22.5 Å². The number of benzene rings is 1. The number of sulfonamides is 1. The molecule has 0 aliphatic heterocycles. The molecule has 0 unspecified atom stereocenters. The molecule has 0 saturated heterocycles. The first kappa shape index (κ1) is 15.6. The number of nitrogens with zero attached hydrogens (tertiary/aromatic N) is 1. The van der Waals surface area contributed by atoms with Crippen molar-refractivity contribution in [1.82, 2.24) is 9.88 Å². The maximum absolute atomic E-state index is 12.1. The van der Waals surface area contributed by atoms with Crippen molar-refractivity contribution in [3.63, 3.8) is 0 Å². The van der Waals surface area contributed by atoms with Gasteiger partial charge in [0.25, 0.3) is 0 Å². The summed E-state index contributed by atoms with van der Waals surface area (Å²) in [5, 5.41) is 3.70. The smallest absolute Gasteiger partial charge is 0.240 e. The zero-order valence-electron chi connectivity index (χ0n) is 11.4. The van der Waals surface area contributed by atoms with Crippen LogP contribution in [0.5, 0.6) is 0 Å². The van der Waals surface area contributed by atoms with Gasteiger partial charge in [-0.25, -0.2) is 13.1 Å². The molecular weight excluding hydrogens is 310 g/mol. The SMILES string of the molecule is Cc1cc(CNS(=O)(=O)c2ccc(CC(N)=S)cc2)on1. The first-order valence-electron chi connectivity index (χ1n) is 6.16. The van der Waals surface area contributed by atoms with Crippen LogP contribution in [0.25, 0.3) is 0 Å². The van der Waals surface area contributed by atoms with Crippen molar-refractivity contribution in [3.8, 4) is 0 Å². The average Bonchev–Trinajstić information content (AvgIpc) is 2.82. The molecule has 1 aromatic heterocycles. The van der Waals surface area contributed by atoms with E-state index in [0.29, 0.717) is 22.9 Å². The largest absolute Gasteiger partial charge is 0.393 e. The Hall–Kier alpha value is -1.77. The molecule has 0 amide bonds. The Kier molecular flexibility index (Phi) is 4.71. The molecule has 2 rings (SSSR count). The van der Waals surface area contributed by atoms with E-state index in [1.807, 2.05) is 0 Å². The fourth-order valence-electron chi connectivity index (χ4n) is 1.74. The molecule has 0 aliphatic carbocycles. The zero-order chi connectivity index (χ0) is 15.5. The quantitative estimate of drug-likeness (QED) is 0.777. The van der Waals surface area contributed by atoms with Crippen LogP contribution in [0.2, 0.25) is 0 Å². The molecule has 1 aromatic carbocycles. The number of aromatic nitrogens is 1. The molecule has 112 valence electrons. The van der Waals surface area contributed by atoms with Crippen LogP contribution in [0, 0.1) is 6.92 Å². The molecule has 0 aliphatic rings. The Morgan fingerprint density at radius 1 is 1.38 bits per heavy atom. The van der Waals surface area contributed by atoms with Gasteiger partial charge in [-0.2, -0.15) is 0 Å². The lowest BCUT2D eigenvalue weighted by Crippen LogP contribution is -2.23. The molecule has 2 aromatic rings. The second-order valence-corrected chi connectivity index (χ2v) is 6.84. The van der Waals surface area contributed by atoms with Crippen molar-refractivity contribution in [2.24, 2.45) is 5.73 Å². The number of hydrogen-bond donors (Lipinski definition) is 2. The summed E-state index contributed by atoms with van der Waals surface area (Å²) in [7, 11) is -3.60. The Morgan fingerprint density at radius 3 is 2.57 bits per heavy atom. The fraction of sp³-hybridized carbons (Fsp3) is 0.231. The molecule has 0 spiro atoms. The minimum atomic E-state index is -3.60.